The minimum absolute atomic E-state index is 0.143. The van der Waals surface area contributed by atoms with E-state index in [-0.39, 0.29) is 22.6 Å². The summed E-state index contributed by atoms with van der Waals surface area (Å²) in [5.74, 6) is 0.283. The van der Waals surface area contributed by atoms with Gasteiger partial charge >= 0.3 is 0 Å². The lowest BCUT2D eigenvalue weighted by Gasteiger charge is -2.13. The van der Waals surface area contributed by atoms with Gasteiger partial charge in [-0.15, -0.1) is 0 Å². The van der Waals surface area contributed by atoms with Crippen LogP contribution in [0, 0.1) is 10.1 Å². The van der Waals surface area contributed by atoms with Crippen molar-refractivity contribution in [3.05, 3.63) is 33.9 Å². The van der Waals surface area contributed by atoms with Crippen molar-refractivity contribution in [2.45, 2.75) is 38.7 Å². The average Bonchev–Trinajstić information content (AvgIpc) is 2.89. The Bertz CT molecular complexity index is 454. The molecule has 19 heavy (non-hydrogen) atoms. The zero-order chi connectivity index (χ0) is 13.8. The molecule has 1 unspecified atom stereocenters. The van der Waals surface area contributed by atoms with Crippen LogP contribution in [-0.2, 0) is 4.74 Å². The van der Waals surface area contributed by atoms with E-state index < -0.39 is 0 Å². The van der Waals surface area contributed by atoms with Gasteiger partial charge in [-0.1, -0.05) is 19.9 Å². The lowest BCUT2D eigenvalue weighted by Crippen LogP contribution is -2.19. The molecule has 2 rings (SSSR count). The topological polar surface area (TPSA) is 64.4 Å². The number of nitro groups is 1. The molecule has 1 aliphatic rings. The monoisotopic (exact) mass is 264 g/mol. The molecule has 1 aromatic carbocycles. The van der Waals surface area contributed by atoms with E-state index >= 15 is 0 Å². The van der Waals surface area contributed by atoms with Gasteiger partial charge in [0.2, 0.25) is 0 Å². The van der Waals surface area contributed by atoms with E-state index in [0.29, 0.717) is 12.2 Å². The largest absolute Gasteiger partial charge is 0.377 e. The maximum absolute atomic E-state index is 11.1. The zero-order valence-electron chi connectivity index (χ0n) is 11.4. The molecule has 0 spiro atoms. The fourth-order valence-corrected chi connectivity index (χ4v) is 2.24. The highest BCUT2D eigenvalue weighted by Gasteiger charge is 2.19. The molecule has 0 amide bonds. The summed E-state index contributed by atoms with van der Waals surface area (Å²) in [5, 5.41) is 14.3. The molecule has 1 heterocycles. The Morgan fingerprint density at radius 3 is 2.89 bits per heavy atom. The van der Waals surface area contributed by atoms with Crippen LogP contribution >= 0.6 is 0 Å². The summed E-state index contributed by atoms with van der Waals surface area (Å²) in [6, 6.07) is 5.39. The van der Waals surface area contributed by atoms with Crippen LogP contribution in [0.3, 0.4) is 0 Å². The third-order valence-electron chi connectivity index (χ3n) is 3.43. The molecule has 0 aromatic heterocycles. The summed E-state index contributed by atoms with van der Waals surface area (Å²) < 4.78 is 5.50. The first-order chi connectivity index (χ1) is 9.08. The minimum Gasteiger partial charge on any atom is -0.377 e. The van der Waals surface area contributed by atoms with Gasteiger partial charge in [-0.05, 0) is 30.4 Å². The maximum atomic E-state index is 11.1. The molecular formula is C14H20N2O3. The molecule has 0 aliphatic carbocycles. The van der Waals surface area contributed by atoms with Crippen molar-refractivity contribution in [2.24, 2.45) is 0 Å². The summed E-state index contributed by atoms with van der Waals surface area (Å²) >= 11 is 0. The Balaban J connectivity index is 2.11. The maximum Gasteiger partial charge on any atom is 0.292 e. The second kappa shape index (κ2) is 6.02. The first-order valence-corrected chi connectivity index (χ1v) is 6.71. The third kappa shape index (κ3) is 3.44. The molecule has 0 saturated carbocycles. The zero-order valence-corrected chi connectivity index (χ0v) is 11.4. The van der Waals surface area contributed by atoms with Gasteiger partial charge in [0.1, 0.15) is 5.69 Å². The average molecular weight is 264 g/mol. The van der Waals surface area contributed by atoms with Crippen LogP contribution in [0.15, 0.2) is 18.2 Å². The van der Waals surface area contributed by atoms with E-state index in [1.807, 2.05) is 19.9 Å². The SMILES string of the molecule is CC(C)c1ccc(NCC2CCCO2)c([N+](=O)[O-])c1. The van der Waals surface area contributed by atoms with E-state index in [0.717, 1.165) is 25.0 Å². The number of nitro benzene ring substituents is 1. The lowest BCUT2D eigenvalue weighted by molar-refractivity contribution is -0.384. The van der Waals surface area contributed by atoms with Crippen molar-refractivity contribution < 1.29 is 9.66 Å². The van der Waals surface area contributed by atoms with Gasteiger partial charge < -0.3 is 10.1 Å². The van der Waals surface area contributed by atoms with Crippen molar-refractivity contribution in [1.82, 2.24) is 0 Å². The van der Waals surface area contributed by atoms with Crippen LogP contribution in [0.2, 0.25) is 0 Å². The van der Waals surface area contributed by atoms with Gasteiger partial charge in [-0.3, -0.25) is 10.1 Å². The van der Waals surface area contributed by atoms with Crippen molar-refractivity contribution >= 4 is 11.4 Å². The van der Waals surface area contributed by atoms with Crippen LogP contribution in [0.1, 0.15) is 38.2 Å². The van der Waals surface area contributed by atoms with E-state index in [4.69, 9.17) is 4.74 Å². The second-order valence-corrected chi connectivity index (χ2v) is 5.20. The summed E-state index contributed by atoms with van der Waals surface area (Å²) in [4.78, 5) is 10.8. The van der Waals surface area contributed by atoms with Gasteiger partial charge in [-0.2, -0.15) is 0 Å². The molecule has 0 radical (unpaired) electrons. The predicted octanol–water partition coefficient (Wildman–Crippen LogP) is 3.31. The molecule has 1 N–H and O–H groups in total. The van der Waals surface area contributed by atoms with E-state index in [9.17, 15) is 10.1 Å². The Morgan fingerprint density at radius 2 is 2.32 bits per heavy atom. The number of benzene rings is 1. The fraction of sp³-hybridized carbons (Fsp3) is 0.571. The van der Waals surface area contributed by atoms with Crippen LogP contribution < -0.4 is 5.32 Å². The molecule has 1 aromatic rings. The predicted molar refractivity (Wildman–Crippen MR) is 74.6 cm³/mol. The Kier molecular flexibility index (Phi) is 4.37. The number of anilines is 1. The van der Waals surface area contributed by atoms with Gasteiger partial charge in [0.25, 0.3) is 5.69 Å². The standard InChI is InChI=1S/C14H20N2O3/c1-10(2)11-5-6-13(14(8-11)16(17)18)15-9-12-4-3-7-19-12/h5-6,8,10,12,15H,3-4,7,9H2,1-2H3. The number of hydrogen-bond acceptors (Lipinski definition) is 4. The molecule has 0 bridgehead atoms. The summed E-state index contributed by atoms with van der Waals surface area (Å²) in [7, 11) is 0. The molecule has 1 fully saturated rings. The molecule has 5 heteroatoms. The number of hydrogen-bond donors (Lipinski definition) is 1. The Morgan fingerprint density at radius 1 is 1.53 bits per heavy atom. The Hall–Kier alpha value is -1.62. The lowest BCUT2D eigenvalue weighted by atomic mass is 10.0. The van der Waals surface area contributed by atoms with Crippen molar-refractivity contribution in [3.63, 3.8) is 0 Å². The third-order valence-corrected chi connectivity index (χ3v) is 3.43. The summed E-state index contributed by atoms with van der Waals surface area (Å²) in [5.41, 5.74) is 1.70. The molecule has 1 atom stereocenters. The highest BCUT2D eigenvalue weighted by Crippen LogP contribution is 2.29. The Labute approximate surface area is 113 Å². The number of ether oxygens (including phenoxy) is 1. The van der Waals surface area contributed by atoms with Gasteiger partial charge in [0.15, 0.2) is 0 Å². The van der Waals surface area contributed by atoms with E-state index in [1.54, 1.807) is 12.1 Å². The van der Waals surface area contributed by atoms with E-state index in [1.165, 1.54) is 0 Å². The first-order valence-electron chi connectivity index (χ1n) is 6.71. The van der Waals surface area contributed by atoms with Crippen LogP contribution in [-0.4, -0.2) is 24.2 Å². The molecular weight excluding hydrogens is 244 g/mol. The molecule has 104 valence electrons. The van der Waals surface area contributed by atoms with Crippen molar-refractivity contribution in [2.75, 3.05) is 18.5 Å². The molecule has 1 aliphatic heterocycles. The van der Waals surface area contributed by atoms with Crippen LogP contribution in [0.5, 0.6) is 0 Å². The van der Waals surface area contributed by atoms with Crippen molar-refractivity contribution in [3.8, 4) is 0 Å². The summed E-state index contributed by atoms with van der Waals surface area (Å²) in [6.07, 6.45) is 2.26. The van der Waals surface area contributed by atoms with Crippen LogP contribution in [0.25, 0.3) is 0 Å². The highest BCUT2D eigenvalue weighted by molar-refractivity contribution is 5.63. The van der Waals surface area contributed by atoms with Gasteiger partial charge in [0.05, 0.1) is 11.0 Å². The summed E-state index contributed by atoms with van der Waals surface area (Å²) in [6.45, 7) is 5.47. The molecule has 1 saturated heterocycles. The van der Waals surface area contributed by atoms with E-state index in [2.05, 4.69) is 5.32 Å². The smallest absolute Gasteiger partial charge is 0.292 e. The van der Waals surface area contributed by atoms with Gasteiger partial charge in [0, 0.05) is 19.2 Å². The number of nitrogens with zero attached hydrogens (tertiary/aromatic N) is 1. The number of rotatable bonds is 5. The number of nitrogens with one attached hydrogen (secondary N) is 1. The second-order valence-electron chi connectivity index (χ2n) is 5.20. The first kappa shape index (κ1) is 13.8. The van der Waals surface area contributed by atoms with Gasteiger partial charge in [-0.25, -0.2) is 0 Å². The quantitative estimate of drug-likeness (QED) is 0.654. The molecule has 5 nitrogen and oxygen atoms in total. The van der Waals surface area contributed by atoms with Crippen molar-refractivity contribution in [1.29, 1.82) is 0 Å². The normalized spacial score (nSPS) is 18.8. The fourth-order valence-electron chi connectivity index (χ4n) is 2.24. The highest BCUT2D eigenvalue weighted by atomic mass is 16.6. The van der Waals surface area contributed by atoms with Crippen LogP contribution in [0.4, 0.5) is 11.4 Å². The minimum atomic E-state index is -0.330.